The van der Waals surface area contributed by atoms with Gasteiger partial charge in [0.1, 0.15) is 0 Å². The summed E-state index contributed by atoms with van der Waals surface area (Å²) >= 11 is 0. The molecule has 0 aliphatic heterocycles. The van der Waals surface area contributed by atoms with E-state index in [-0.39, 0.29) is 0 Å². The molecule has 50 valence electrons. The van der Waals surface area contributed by atoms with E-state index in [1.54, 1.807) is 6.08 Å². The van der Waals surface area contributed by atoms with Gasteiger partial charge in [-0.15, -0.1) is 0 Å². The first kappa shape index (κ1) is 6.26. The minimum atomic E-state index is -0.404. The van der Waals surface area contributed by atoms with Crippen molar-refractivity contribution in [3.63, 3.8) is 0 Å². The van der Waals surface area contributed by atoms with Gasteiger partial charge >= 0.3 is 0 Å². The first-order chi connectivity index (χ1) is 4.29. The van der Waals surface area contributed by atoms with Crippen LogP contribution in [-0.4, -0.2) is 4.92 Å². The van der Waals surface area contributed by atoms with E-state index in [9.17, 15) is 10.1 Å². The molecule has 3 heteroatoms. The van der Waals surface area contributed by atoms with Crippen molar-refractivity contribution in [1.29, 1.82) is 0 Å². The van der Waals surface area contributed by atoms with Crippen LogP contribution in [0.2, 0.25) is 0 Å². The SMILES string of the molecule is O=[N+]([O-])/C=C/C1CCC1. The van der Waals surface area contributed by atoms with Gasteiger partial charge in [-0.1, -0.05) is 6.42 Å². The maximum absolute atomic E-state index is 9.76. The van der Waals surface area contributed by atoms with Crippen molar-refractivity contribution in [3.05, 3.63) is 22.4 Å². The van der Waals surface area contributed by atoms with Gasteiger partial charge in [0.05, 0.1) is 4.92 Å². The molecule has 1 fully saturated rings. The van der Waals surface area contributed by atoms with Crippen LogP contribution >= 0.6 is 0 Å². The highest BCUT2D eigenvalue weighted by atomic mass is 16.6. The average molecular weight is 127 g/mol. The van der Waals surface area contributed by atoms with Crippen molar-refractivity contribution in [2.75, 3.05) is 0 Å². The lowest BCUT2D eigenvalue weighted by atomic mass is 9.86. The topological polar surface area (TPSA) is 43.1 Å². The van der Waals surface area contributed by atoms with Gasteiger partial charge in [-0.25, -0.2) is 0 Å². The van der Waals surface area contributed by atoms with Gasteiger partial charge < -0.3 is 0 Å². The van der Waals surface area contributed by atoms with Crippen molar-refractivity contribution >= 4 is 0 Å². The summed E-state index contributed by atoms with van der Waals surface area (Å²) in [4.78, 5) is 9.36. The van der Waals surface area contributed by atoms with E-state index in [0.717, 1.165) is 19.0 Å². The second-order valence-corrected chi connectivity index (χ2v) is 2.32. The van der Waals surface area contributed by atoms with Crippen LogP contribution in [0.1, 0.15) is 19.3 Å². The van der Waals surface area contributed by atoms with Crippen LogP contribution in [0.25, 0.3) is 0 Å². The summed E-state index contributed by atoms with van der Waals surface area (Å²) in [6.45, 7) is 0. The molecule has 1 rings (SSSR count). The van der Waals surface area contributed by atoms with E-state index in [0.29, 0.717) is 5.92 Å². The van der Waals surface area contributed by atoms with Crippen LogP contribution in [0.3, 0.4) is 0 Å². The summed E-state index contributed by atoms with van der Waals surface area (Å²) < 4.78 is 0. The summed E-state index contributed by atoms with van der Waals surface area (Å²) in [5.74, 6) is 0.496. The van der Waals surface area contributed by atoms with E-state index in [1.807, 2.05) is 0 Å². The molecule has 0 spiro atoms. The maximum atomic E-state index is 9.76. The average Bonchev–Trinajstić information content (AvgIpc) is 1.60. The molecule has 1 aliphatic rings. The highest BCUT2D eigenvalue weighted by Gasteiger charge is 2.14. The largest absolute Gasteiger partial charge is 0.259 e. The van der Waals surface area contributed by atoms with Crippen LogP contribution in [0.5, 0.6) is 0 Å². The Morgan fingerprint density at radius 3 is 2.56 bits per heavy atom. The number of nitro groups is 1. The predicted octanol–water partition coefficient (Wildman–Crippen LogP) is 1.58. The molecule has 3 nitrogen and oxygen atoms in total. The highest BCUT2D eigenvalue weighted by molar-refractivity contribution is 4.87. The molecule has 1 saturated carbocycles. The third-order valence-electron chi connectivity index (χ3n) is 1.63. The van der Waals surface area contributed by atoms with E-state index >= 15 is 0 Å². The molecule has 0 aromatic carbocycles. The van der Waals surface area contributed by atoms with E-state index in [1.165, 1.54) is 6.42 Å². The summed E-state index contributed by atoms with van der Waals surface area (Å²) in [5, 5.41) is 9.76. The quantitative estimate of drug-likeness (QED) is 0.417. The molecular formula is C6H9NO2. The van der Waals surface area contributed by atoms with Crippen LogP contribution in [0.4, 0.5) is 0 Å². The summed E-state index contributed by atoms with van der Waals surface area (Å²) in [7, 11) is 0. The summed E-state index contributed by atoms with van der Waals surface area (Å²) in [6, 6.07) is 0. The molecule has 0 aromatic rings. The summed E-state index contributed by atoms with van der Waals surface area (Å²) in [6.07, 6.45) is 6.22. The second kappa shape index (κ2) is 2.62. The van der Waals surface area contributed by atoms with Gasteiger partial charge in [0.25, 0.3) is 0 Å². The molecule has 1 aliphatic carbocycles. The van der Waals surface area contributed by atoms with Gasteiger partial charge in [0.15, 0.2) is 0 Å². The second-order valence-electron chi connectivity index (χ2n) is 2.32. The zero-order valence-electron chi connectivity index (χ0n) is 5.12. The lowest BCUT2D eigenvalue weighted by molar-refractivity contribution is -0.403. The lowest BCUT2D eigenvalue weighted by Crippen LogP contribution is -2.07. The molecule has 0 aromatic heterocycles. The Kier molecular flexibility index (Phi) is 1.82. The van der Waals surface area contributed by atoms with Crippen molar-refractivity contribution < 1.29 is 4.92 Å². The number of hydrogen-bond acceptors (Lipinski definition) is 2. The van der Waals surface area contributed by atoms with Gasteiger partial charge in [-0.3, -0.25) is 10.1 Å². The molecular weight excluding hydrogens is 118 g/mol. The highest BCUT2D eigenvalue weighted by Crippen LogP contribution is 2.26. The number of rotatable bonds is 2. The fraction of sp³-hybridized carbons (Fsp3) is 0.667. The normalized spacial score (nSPS) is 20.0. The Morgan fingerprint density at radius 2 is 2.22 bits per heavy atom. The Hall–Kier alpha value is -0.860. The Labute approximate surface area is 53.5 Å². The fourth-order valence-corrected chi connectivity index (χ4v) is 0.824. The molecule has 0 bridgehead atoms. The van der Waals surface area contributed by atoms with Crippen LogP contribution in [0.15, 0.2) is 12.3 Å². The van der Waals surface area contributed by atoms with Crippen LogP contribution < -0.4 is 0 Å². The Bertz CT molecular complexity index is 138. The predicted molar refractivity (Wildman–Crippen MR) is 33.5 cm³/mol. The molecule has 9 heavy (non-hydrogen) atoms. The maximum Gasteiger partial charge on any atom is 0.230 e. The third-order valence-corrected chi connectivity index (χ3v) is 1.63. The zero-order valence-corrected chi connectivity index (χ0v) is 5.12. The number of allylic oxidation sites excluding steroid dienone is 1. The zero-order chi connectivity index (χ0) is 6.69. The standard InChI is InChI=1S/C6H9NO2/c8-7(9)5-4-6-2-1-3-6/h4-6H,1-3H2/b5-4+. The Balaban J connectivity index is 2.22. The number of hydrogen-bond donors (Lipinski definition) is 0. The Morgan fingerprint density at radius 1 is 1.56 bits per heavy atom. The van der Waals surface area contributed by atoms with E-state index in [4.69, 9.17) is 0 Å². The molecule has 0 amide bonds. The summed E-state index contributed by atoms with van der Waals surface area (Å²) in [5.41, 5.74) is 0. The van der Waals surface area contributed by atoms with Crippen molar-refractivity contribution in [1.82, 2.24) is 0 Å². The first-order valence-electron chi connectivity index (χ1n) is 3.11. The van der Waals surface area contributed by atoms with Gasteiger partial charge in [0, 0.05) is 0 Å². The van der Waals surface area contributed by atoms with E-state index < -0.39 is 4.92 Å². The van der Waals surface area contributed by atoms with Crippen molar-refractivity contribution in [2.45, 2.75) is 19.3 Å². The van der Waals surface area contributed by atoms with Gasteiger partial charge in [0.2, 0.25) is 6.20 Å². The lowest BCUT2D eigenvalue weighted by Gasteiger charge is -2.19. The monoisotopic (exact) mass is 127 g/mol. The molecule has 0 N–H and O–H groups in total. The van der Waals surface area contributed by atoms with E-state index in [2.05, 4.69) is 0 Å². The molecule has 0 unspecified atom stereocenters. The molecule has 0 atom stereocenters. The van der Waals surface area contributed by atoms with Gasteiger partial charge in [-0.2, -0.15) is 0 Å². The van der Waals surface area contributed by atoms with Crippen molar-refractivity contribution in [3.8, 4) is 0 Å². The van der Waals surface area contributed by atoms with Gasteiger partial charge in [-0.05, 0) is 24.8 Å². The smallest absolute Gasteiger partial charge is 0.230 e. The third kappa shape index (κ3) is 1.83. The molecule has 0 radical (unpaired) electrons. The first-order valence-corrected chi connectivity index (χ1v) is 3.11. The van der Waals surface area contributed by atoms with Crippen LogP contribution in [0, 0.1) is 16.0 Å². The van der Waals surface area contributed by atoms with Crippen LogP contribution in [-0.2, 0) is 0 Å². The fourth-order valence-electron chi connectivity index (χ4n) is 0.824. The minimum absolute atomic E-state index is 0.404. The minimum Gasteiger partial charge on any atom is -0.259 e. The van der Waals surface area contributed by atoms with Crippen molar-refractivity contribution in [2.24, 2.45) is 5.92 Å². The molecule has 0 heterocycles. The number of nitrogens with zero attached hydrogens (tertiary/aromatic N) is 1. The molecule has 0 saturated heterocycles.